The molecule has 1 amide bonds. The molecule has 1 saturated heterocycles. The first-order valence-corrected chi connectivity index (χ1v) is 11.0. The van der Waals surface area contributed by atoms with E-state index in [1.165, 1.54) is 17.2 Å². The van der Waals surface area contributed by atoms with Gasteiger partial charge in [0.15, 0.2) is 0 Å². The van der Waals surface area contributed by atoms with E-state index in [1.807, 2.05) is 0 Å². The van der Waals surface area contributed by atoms with Crippen LogP contribution in [0.15, 0.2) is 43.0 Å². The first kappa shape index (κ1) is 23.2. The molecule has 0 saturated carbocycles. The van der Waals surface area contributed by atoms with Crippen molar-refractivity contribution in [2.75, 3.05) is 6.54 Å². The summed E-state index contributed by atoms with van der Waals surface area (Å²) in [5.74, 6) is 0.288. The molecule has 2 atom stereocenters. The smallest absolute Gasteiger partial charge is 0.335 e. The van der Waals surface area contributed by atoms with Crippen LogP contribution in [0.25, 0.3) is 5.69 Å². The van der Waals surface area contributed by atoms with E-state index in [0.717, 1.165) is 25.2 Å². The van der Waals surface area contributed by atoms with Gasteiger partial charge in [0.25, 0.3) is 5.91 Å². The summed E-state index contributed by atoms with van der Waals surface area (Å²) in [5, 5.41) is 8.56. The highest BCUT2D eigenvalue weighted by atomic mass is 35.5. The third kappa shape index (κ3) is 5.00. The van der Waals surface area contributed by atoms with Gasteiger partial charge in [0, 0.05) is 31.4 Å². The van der Waals surface area contributed by atoms with Gasteiger partial charge in [-0.15, -0.1) is 0 Å². The summed E-state index contributed by atoms with van der Waals surface area (Å²) in [6, 6.07) is 4.99. The lowest BCUT2D eigenvalue weighted by Gasteiger charge is -2.40. The van der Waals surface area contributed by atoms with Crippen LogP contribution in [-0.2, 0) is 12.6 Å². The molecular formula is C22H22ClF3N6O. The van der Waals surface area contributed by atoms with Crippen LogP contribution in [0, 0.1) is 5.92 Å². The maximum atomic E-state index is 13.7. The molecule has 0 N–H and O–H groups in total. The number of hydrogen-bond acceptors (Lipinski definition) is 5. The third-order valence-corrected chi connectivity index (χ3v) is 6.23. The average Bonchev–Trinajstić information content (AvgIpc) is 3.32. The number of carbonyl (C=O) groups is 1. The molecule has 1 fully saturated rings. The van der Waals surface area contributed by atoms with Gasteiger partial charge in [-0.25, -0.2) is 9.97 Å². The van der Waals surface area contributed by atoms with Gasteiger partial charge in [-0.1, -0.05) is 24.6 Å². The van der Waals surface area contributed by atoms with E-state index < -0.39 is 11.7 Å². The molecular weight excluding hydrogens is 457 g/mol. The second-order valence-corrected chi connectivity index (χ2v) is 8.47. The number of piperidine rings is 1. The lowest BCUT2D eigenvalue weighted by Crippen LogP contribution is -2.48. The molecule has 0 aliphatic carbocycles. The zero-order valence-corrected chi connectivity index (χ0v) is 18.6. The summed E-state index contributed by atoms with van der Waals surface area (Å²) < 4.78 is 38.3. The van der Waals surface area contributed by atoms with Crippen molar-refractivity contribution in [1.29, 1.82) is 0 Å². The van der Waals surface area contributed by atoms with Crippen LogP contribution >= 0.6 is 11.6 Å². The topological polar surface area (TPSA) is 76.8 Å². The molecule has 1 aromatic carbocycles. The summed E-state index contributed by atoms with van der Waals surface area (Å²) in [6.45, 7) is 2.62. The highest BCUT2D eigenvalue weighted by Gasteiger charge is 2.35. The Morgan fingerprint density at radius 2 is 1.88 bits per heavy atom. The fourth-order valence-electron chi connectivity index (χ4n) is 4.22. The van der Waals surface area contributed by atoms with Gasteiger partial charge in [0.05, 0.1) is 34.2 Å². The van der Waals surface area contributed by atoms with E-state index >= 15 is 0 Å². The van der Waals surface area contributed by atoms with Gasteiger partial charge in [0.2, 0.25) is 0 Å². The molecule has 174 valence electrons. The molecule has 0 radical (unpaired) electrons. The van der Waals surface area contributed by atoms with Crippen molar-refractivity contribution in [2.24, 2.45) is 5.92 Å². The van der Waals surface area contributed by atoms with Crippen LogP contribution in [0.2, 0.25) is 5.02 Å². The van der Waals surface area contributed by atoms with Gasteiger partial charge < -0.3 is 4.90 Å². The van der Waals surface area contributed by atoms with Gasteiger partial charge >= 0.3 is 6.18 Å². The summed E-state index contributed by atoms with van der Waals surface area (Å²) in [6.07, 6.45) is 2.82. The Kier molecular flexibility index (Phi) is 6.64. The molecule has 3 heterocycles. The van der Waals surface area contributed by atoms with E-state index in [0.29, 0.717) is 41.5 Å². The number of likely N-dealkylation sites (tertiary alicyclic amines) is 1. The lowest BCUT2D eigenvalue weighted by molar-refractivity contribution is -0.138. The number of halogens is 4. The first-order valence-electron chi connectivity index (χ1n) is 10.6. The van der Waals surface area contributed by atoms with Gasteiger partial charge in [-0.2, -0.15) is 28.2 Å². The molecule has 11 heteroatoms. The van der Waals surface area contributed by atoms with E-state index in [1.54, 1.807) is 23.1 Å². The predicted octanol–water partition coefficient (Wildman–Crippen LogP) is 4.60. The molecule has 0 spiro atoms. The zero-order chi connectivity index (χ0) is 23.6. The van der Waals surface area contributed by atoms with Crippen LogP contribution < -0.4 is 0 Å². The maximum Gasteiger partial charge on any atom is 0.419 e. The number of amides is 1. The molecule has 1 aliphatic heterocycles. The number of carbonyl (C=O) groups excluding carboxylic acids is 1. The maximum absolute atomic E-state index is 13.7. The Morgan fingerprint density at radius 1 is 1.18 bits per heavy atom. The van der Waals surface area contributed by atoms with Gasteiger partial charge in [-0.05, 0) is 37.3 Å². The van der Waals surface area contributed by atoms with Gasteiger partial charge in [0.1, 0.15) is 5.82 Å². The van der Waals surface area contributed by atoms with E-state index in [4.69, 9.17) is 11.6 Å². The standard InChI is InChI=1S/C22H22ClF3N6O/c1-14-4-3-11-31(17(14)7-8-19-27-12-15(13-28-19)22(24,25)26)21(33)20-16(23)5-2-6-18(20)32-29-9-10-30-32/h2,5-6,9-10,12-14,17H,3-4,7-8,11H2,1H3/t14-,17-/m1/s1. The SMILES string of the molecule is C[C@@H]1CCCN(C(=O)c2c(Cl)cccc2-n2nccn2)[C@@H]1CCc1ncc(C(F)(F)F)cn1. The van der Waals surface area contributed by atoms with Crippen molar-refractivity contribution in [3.8, 4) is 5.69 Å². The molecule has 33 heavy (non-hydrogen) atoms. The van der Waals surface area contributed by atoms with Crippen LogP contribution in [-0.4, -0.2) is 48.4 Å². The molecule has 1 aliphatic rings. The fraction of sp³-hybridized carbons (Fsp3) is 0.409. The van der Waals surface area contributed by atoms with Crippen molar-refractivity contribution in [3.63, 3.8) is 0 Å². The van der Waals surface area contributed by atoms with Crippen LogP contribution in [0.4, 0.5) is 13.2 Å². The Bertz CT molecular complexity index is 1100. The Hall–Kier alpha value is -3.01. The molecule has 0 bridgehead atoms. The van der Waals surface area contributed by atoms with Crippen molar-refractivity contribution < 1.29 is 18.0 Å². The molecule has 0 unspecified atom stereocenters. The Balaban J connectivity index is 1.56. The van der Waals surface area contributed by atoms with Crippen molar-refractivity contribution in [1.82, 2.24) is 29.9 Å². The minimum atomic E-state index is -4.48. The van der Waals surface area contributed by atoms with Crippen LogP contribution in [0.1, 0.15) is 47.9 Å². The number of aryl methyl sites for hydroxylation is 1. The van der Waals surface area contributed by atoms with Crippen LogP contribution in [0.3, 0.4) is 0 Å². The lowest BCUT2D eigenvalue weighted by atomic mass is 9.87. The normalized spacial score (nSPS) is 19.0. The number of hydrogen-bond donors (Lipinski definition) is 0. The number of benzene rings is 1. The van der Waals surface area contributed by atoms with Crippen molar-refractivity contribution in [3.05, 3.63) is 65.0 Å². The Labute approximate surface area is 193 Å². The highest BCUT2D eigenvalue weighted by molar-refractivity contribution is 6.34. The number of nitrogens with zero attached hydrogens (tertiary/aromatic N) is 6. The largest absolute Gasteiger partial charge is 0.419 e. The number of rotatable bonds is 5. The quantitative estimate of drug-likeness (QED) is 0.535. The summed E-state index contributed by atoms with van der Waals surface area (Å²) >= 11 is 6.44. The minimum absolute atomic E-state index is 0.133. The van der Waals surface area contributed by atoms with Crippen molar-refractivity contribution >= 4 is 17.5 Å². The monoisotopic (exact) mass is 478 g/mol. The molecule has 2 aromatic heterocycles. The predicted molar refractivity (Wildman–Crippen MR) is 115 cm³/mol. The number of aromatic nitrogens is 5. The average molecular weight is 479 g/mol. The van der Waals surface area contributed by atoms with Crippen LogP contribution in [0.5, 0.6) is 0 Å². The summed E-state index contributed by atoms with van der Waals surface area (Å²) in [7, 11) is 0. The minimum Gasteiger partial charge on any atom is -0.335 e. The van der Waals surface area contributed by atoms with Gasteiger partial charge in [-0.3, -0.25) is 4.79 Å². The van der Waals surface area contributed by atoms with E-state index in [2.05, 4.69) is 27.1 Å². The molecule has 7 nitrogen and oxygen atoms in total. The highest BCUT2D eigenvalue weighted by Crippen LogP contribution is 2.32. The first-order chi connectivity index (χ1) is 15.8. The second-order valence-electron chi connectivity index (χ2n) is 8.06. The summed E-state index contributed by atoms with van der Waals surface area (Å²) in [4.78, 5) is 24.6. The fourth-order valence-corrected chi connectivity index (χ4v) is 4.47. The third-order valence-electron chi connectivity index (χ3n) is 5.91. The number of alkyl halides is 3. The van der Waals surface area contributed by atoms with E-state index in [-0.39, 0.29) is 17.9 Å². The molecule has 3 aromatic rings. The molecule has 4 rings (SSSR count). The summed E-state index contributed by atoms with van der Waals surface area (Å²) in [5.41, 5.74) is -0.0756. The van der Waals surface area contributed by atoms with E-state index in [9.17, 15) is 18.0 Å². The zero-order valence-electron chi connectivity index (χ0n) is 17.8. The Morgan fingerprint density at radius 3 is 2.55 bits per heavy atom. The second kappa shape index (κ2) is 9.46. The van der Waals surface area contributed by atoms with Crippen molar-refractivity contribution in [2.45, 2.75) is 44.8 Å².